The van der Waals surface area contributed by atoms with Gasteiger partial charge >= 0.3 is 5.97 Å². The van der Waals surface area contributed by atoms with Gasteiger partial charge in [0.15, 0.2) is 0 Å². The molecule has 1 aromatic heterocycles. The first-order valence-corrected chi connectivity index (χ1v) is 9.06. The Hall–Kier alpha value is -3.47. The average molecular weight is 374 g/mol. The van der Waals surface area contributed by atoms with Gasteiger partial charge in [0.25, 0.3) is 0 Å². The largest absolute Gasteiger partial charge is 0.496 e. The maximum atomic E-state index is 12.1. The molecule has 4 rings (SSSR count). The molecule has 0 saturated heterocycles. The number of methoxy groups -OCH3 is 1. The molecule has 1 heterocycles. The zero-order valence-corrected chi connectivity index (χ0v) is 16.4. The number of fused-ring (bicyclic) bond motifs is 3. The van der Waals surface area contributed by atoms with E-state index in [1.807, 2.05) is 85.1 Å². The van der Waals surface area contributed by atoms with Gasteiger partial charge in [-0.1, -0.05) is 24.3 Å². The molecule has 5 nitrogen and oxygen atoms in total. The average Bonchev–Trinajstić information content (AvgIpc) is 2.99. The number of aromatic carboxylic acids is 1. The molecule has 142 valence electrons. The summed E-state index contributed by atoms with van der Waals surface area (Å²) in [4.78, 5) is 14.1. The van der Waals surface area contributed by atoms with Gasteiger partial charge in [-0.05, 0) is 37.3 Å². The van der Waals surface area contributed by atoms with Crippen LogP contribution in [0.3, 0.4) is 0 Å². The van der Waals surface area contributed by atoms with Crippen molar-refractivity contribution in [2.75, 3.05) is 26.1 Å². The Morgan fingerprint density at radius 3 is 2.21 bits per heavy atom. The molecule has 4 aromatic rings. The molecule has 0 spiro atoms. The van der Waals surface area contributed by atoms with Gasteiger partial charge in [0, 0.05) is 47.3 Å². The maximum absolute atomic E-state index is 12.1. The third-order valence-corrected chi connectivity index (χ3v) is 5.23. The van der Waals surface area contributed by atoms with Crippen molar-refractivity contribution < 1.29 is 14.6 Å². The van der Waals surface area contributed by atoms with E-state index in [0.717, 1.165) is 27.7 Å². The molecule has 3 aromatic carbocycles. The van der Waals surface area contributed by atoms with Gasteiger partial charge in [-0.25, -0.2) is 4.79 Å². The van der Waals surface area contributed by atoms with Gasteiger partial charge in [0.05, 0.1) is 18.2 Å². The van der Waals surface area contributed by atoms with Gasteiger partial charge in [0.1, 0.15) is 5.75 Å². The molecule has 0 fully saturated rings. The fraction of sp³-hybridized carbons (Fsp3) is 0.174. The Morgan fingerprint density at radius 1 is 1.00 bits per heavy atom. The molecular formula is C23H22N2O3. The lowest BCUT2D eigenvalue weighted by atomic mass is 10.0. The predicted molar refractivity (Wildman–Crippen MR) is 113 cm³/mol. The summed E-state index contributed by atoms with van der Waals surface area (Å²) in [5.41, 5.74) is 3.89. The highest BCUT2D eigenvalue weighted by molar-refractivity contribution is 6.16. The number of carboxylic acids is 1. The number of ether oxygens (including phenoxy) is 1. The molecule has 0 bridgehead atoms. The van der Waals surface area contributed by atoms with Crippen molar-refractivity contribution in [2.24, 2.45) is 0 Å². The summed E-state index contributed by atoms with van der Waals surface area (Å²) in [5.74, 6) is -0.269. The fourth-order valence-corrected chi connectivity index (χ4v) is 3.89. The van der Waals surface area contributed by atoms with Crippen LogP contribution in [0.2, 0.25) is 0 Å². The lowest BCUT2D eigenvalue weighted by Crippen LogP contribution is -2.08. The highest BCUT2D eigenvalue weighted by Gasteiger charge is 2.23. The normalized spacial score (nSPS) is 11.1. The van der Waals surface area contributed by atoms with Gasteiger partial charge < -0.3 is 19.3 Å². The van der Waals surface area contributed by atoms with Crippen molar-refractivity contribution in [3.05, 3.63) is 65.9 Å². The highest BCUT2D eigenvalue weighted by atomic mass is 16.5. The van der Waals surface area contributed by atoms with Crippen molar-refractivity contribution in [1.29, 1.82) is 0 Å². The summed E-state index contributed by atoms with van der Waals surface area (Å²) in [6.45, 7) is 1.85. The Kier molecular flexibility index (Phi) is 4.23. The molecule has 1 N–H and O–H groups in total. The molecule has 0 aliphatic heterocycles. The maximum Gasteiger partial charge on any atom is 0.338 e. The van der Waals surface area contributed by atoms with E-state index < -0.39 is 5.97 Å². The van der Waals surface area contributed by atoms with Crippen molar-refractivity contribution in [3.63, 3.8) is 0 Å². The van der Waals surface area contributed by atoms with Crippen LogP contribution in [-0.2, 0) is 0 Å². The minimum Gasteiger partial charge on any atom is -0.496 e. The lowest BCUT2D eigenvalue weighted by molar-refractivity contribution is 0.0698. The first kappa shape index (κ1) is 17.9. The summed E-state index contributed by atoms with van der Waals surface area (Å²) >= 11 is 0. The third-order valence-electron chi connectivity index (χ3n) is 5.23. The fourth-order valence-electron chi connectivity index (χ4n) is 3.89. The highest BCUT2D eigenvalue weighted by Crippen LogP contribution is 2.39. The number of benzene rings is 3. The van der Waals surface area contributed by atoms with Crippen molar-refractivity contribution in [2.45, 2.75) is 6.92 Å². The van der Waals surface area contributed by atoms with E-state index in [-0.39, 0.29) is 0 Å². The standard InChI is InChI=1S/C23H22N2O3/c1-14-21(23(26)27)19-13-20(28-4)17-7-5-6-8-18(17)22(19)25(14)16-11-9-15(10-12-16)24(2)3/h5-13H,1-4H3,(H,26,27). The number of hydrogen-bond donors (Lipinski definition) is 1. The monoisotopic (exact) mass is 374 g/mol. The first-order valence-electron chi connectivity index (χ1n) is 9.06. The summed E-state index contributed by atoms with van der Waals surface area (Å²) in [5, 5.41) is 12.5. The molecule has 0 unspecified atom stereocenters. The number of rotatable bonds is 4. The molecule has 0 atom stereocenters. The van der Waals surface area contributed by atoms with Crippen LogP contribution in [0.15, 0.2) is 54.6 Å². The summed E-state index contributed by atoms with van der Waals surface area (Å²) < 4.78 is 7.59. The first-order chi connectivity index (χ1) is 13.4. The van der Waals surface area contributed by atoms with Crippen molar-refractivity contribution in [3.8, 4) is 11.4 Å². The van der Waals surface area contributed by atoms with Crippen LogP contribution >= 0.6 is 0 Å². The molecule has 0 aliphatic carbocycles. The van der Waals surface area contributed by atoms with Gasteiger partial charge in [0.2, 0.25) is 0 Å². The quantitative estimate of drug-likeness (QED) is 0.554. The minimum absolute atomic E-state index is 0.302. The zero-order chi connectivity index (χ0) is 20.0. The number of carbonyl (C=O) groups is 1. The number of hydrogen-bond acceptors (Lipinski definition) is 3. The van der Waals surface area contributed by atoms with Crippen LogP contribution in [0.1, 0.15) is 16.1 Å². The van der Waals surface area contributed by atoms with Crippen LogP contribution in [0.4, 0.5) is 5.69 Å². The van der Waals surface area contributed by atoms with E-state index in [4.69, 9.17) is 4.74 Å². The second kappa shape index (κ2) is 6.60. The van der Waals surface area contributed by atoms with Crippen molar-refractivity contribution >= 4 is 33.3 Å². The topological polar surface area (TPSA) is 54.7 Å². The number of carboxylic acid groups (broad SMARTS) is 1. The molecule has 28 heavy (non-hydrogen) atoms. The van der Waals surface area contributed by atoms with E-state index in [0.29, 0.717) is 22.4 Å². The van der Waals surface area contributed by atoms with Gasteiger partial charge in [-0.2, -0.15) is 0 Å². The SMILES string of the molecule is COc1cc2c(C(=O)O)c(C)n(-c3ccc(N(C)C)cc3)c2c2ccccc12. The number of anilines is 1. The van der Waals surface area contributed by atoms with E-state index >= 15 is 0 Å². The number of nitrogens with zero attached hydrogens (tertiary/aromatic N) is 2. The molecule has 0 aliphatic rings. The Labute approximate surface area is 163 Å². The Bertz CT molecular complexity index is 1200. The van der Waals surface area contributed by atoms with E-state index in [2.05, 4.69) is 0 Å². The second-order valence-electron chi connectivity index (χ2n) is 7.03. The van der Waals surface area contributed by atoms with E-state index in [1.54, 1.807) is 7.11 Å². The summed E-state index contributed by atoms with van der Waals surface area (Å²) in [6.07, 6.45) is 0. The van der Waals surface area contributed by atoms with Gasteiger partial charge in [-0.15, -0.1) is 0 Å². The smallest absolute Gasteiger partial charge is 0.338 e. The molecule has 0 amide bonds. The molecular weight excluding hydrogens is 352 g/mol. The van der Waals surface area contributed by atoms with Crippen LogP contribution in [0, 0.1) is 6.92 Å². The van der Waals surface area contributed by atoms with Crippen molar-refractivity contribution in [1.82, 2.24) is 4.57 Å². The number of aromatic nitrogens is 1. The Morgan fingerprint density at radius 2 is 1.64 bits per heavy atom. The summed E-state index contributed by atoms with van der Waals surface area (Å²) in [7, 11) is 5.60. The second-order valence-corrected chi connectivity index (χ2v) is 7.03. The van der Waals surface area contributed by atoms with Crippen LogP contribution in [-0.4, -0.2) is 36.8 Å². The van der Waals surface area contributed by atoms with Gasteiger partial charge in [-0.3, -0.25) is 0 Å². The third kappa shape index (κ3) is 2.59. The van der Waals surface area contributed by atoms with Crippen LogP contribution < -0.4 is 9.64 Å². The summed E-state index contributed by atoms with van der Waals surface area (Å²) in [6, 6.07) is 17.9. The molecule has 0 saturated carbocycles. The predicted octanol–water partition coefficient (Wildman–Crippen LogP) is 4.86. The zero-order valence-electron chi connectivity index (χ0n) is 16.4. The molecule has 5 heteroatoms. The Balaban J connectivity index is 2.15. The minimum atomic E-state index is -0.941. The van der Waals surface area contributed by atoms with Crippen LogP contribution in [0.25, 0.3) is 27.4 Å². The lowest BCUT2D eigenvalue weighted by Gasteiger charge is -2.15. The molecule has 0 radical (unpaired) electrons. The van der Waals surface area contributed by atoms with E-state index in [9.17, 15) is 9.90 Å². The van der Waals surface area contributed by atoms with Crippen LogP contribution in [0.5, 0.6) is 5.75 Å². The van der Waals surface area contributed by atoms with E-state index in [1.165, 1.54) is 0 Å².